The SMILES string of the molecule is Nc1ncnc2c1CCC(O)C2. The van der Waals surface area contributed by atoms with Gasteiger partial charge in [-0.2, -0.15) is 0 Å². The monoisotopic (exact) mass is 165 g/mol. The number of anilines is 1. The van der Waals surface area contributed by atoms with Gasteiger partial charge in [-0.25, -0.2) is 9.97 Å². The maximum atomic E-state index is 9.35. The number of aliphatic hydroxyl groups excluding tert-OH is 1. The molecular weight excluding hydrogens is 154 g/mol. The molecule has 0 aliphatic heterocycles. The van der Waals surface area contributed by atoms with Crippen molar-refractivity contribution in [1.29, 1.82) is 0 Å². The number of nitrogens with zero attached hydrogens (tertiary/aromatic N) is 2. The van der Waals surface area contributed by atoms with Crippen molar-refractivity contribution in [2.45, 2.75) is 25.4 Å². The third kappa shape index (κ3) is 1.14. The van der Waals surface area contributed by atoms with Crippen molar-refractivity contribution in [3.05, 3.63) is 17.6 Å². The Morgan fingerprint density at radius 1 is 1.50 bits per heavy atom. The minimum absolute atomic E-state index is 0.258. The maximum absolute atomic E-state index is 9.35. The van der Waals surface area contributed by atoms with Crippen LogP contribution in [0.5, 0.6) is 0 Å². The van der Waals surface area contributed by atoms with Gasteiger partial charge >= 0.3 is 0 Å². The largest absolute Gasteiger partial charge is 0.393 e. The van der Waals surface area contributed by atoms with Crippen molar-refractivity contribution >= 4 is 5.82 Å². The van der Waals surface area contributed by atoms with Gasteiger partial charge in [0.05, 0.1) is 11.8 Å². The van der Waals surface area contributed by atoms with Gasteiger partial charge in [-0.1, -0.05) is 0 Å². The first kappa shape index (κ1) is 7.49. The third-order valence-electron chi connectivity index (χ3n) is 2.22. The zero-order chi connectivity index (χ0) is 8.55. The summed E-state index contributed by atoms with van der Waals surface area (Å²) in [5.41, 5.74) is 7.57. The third-order valence-corrected chi connectivity index (χ3v) is 2.22. The molecule has 0 fully saturated rings. The summed E-state index contributed by atoms with van der Waals surface area (Å²) in [6.07, 6.45) is 3.37. The Labute approximate surface area is 70.5 Å². The van der Waals surface area contributed by atoms with Gasteiger partial charge in [-0.05, 0) is 12.8 Å². The molecule has 3 N–H and O–H groups in total. The van der Waals surface area contributed by atoms with Crippen molar-refractivity contribution in [3.63, 3.8) is 0 Å². The van der Waals surface area contributed by atoms with Crippen LogP contribution in [0.4, 0.5) is 5.82 Å². The van der Waals surface area contributed by atoms with E-state index in [1.807, 2.05) is 0 Å². The van der Waals surface area contributed by atoms with Crippen molar-refractivity contribution < 1.29 is 5.11 Å². The van der Waals surface area contributed by atoms with Crippen molar-refractivity contribution in [2.24, 2.45) is 0 Å². The summed E-state index contributed by atoms with van der Waals surface area (Å²) in [7, 11) is 0. The normalized spacial score (nSPS) is 21.9. The van der Waals surface area contributed by atoms with Crippen LogP contribution in [-0.2, 0) is 12.8 Å². The predicted molar refractivity (Wildman–Crippen MR) is 44.5 cm³/mol. The van der Waals surface area contributed by atoms with Crippen LogP contribution in [0.1, 0.15) is 17.7 Å². The van der Waals surface area contributed by atoms with Gasteiger partial charge in [-0.15, -0.1) is 0 Å². The van der Waals surface area contributed by atoms with Gasteiger partial charge in [0.15, 0.2) is 0 Å². The van der Waals surface area contributed by atoms with Crippen LogP contribution in [0.3, 0.4) is 0 Å². The van der Waals surface area contributed by atoms with Gasteiger partial charge in [0, 0.05) is 12.0 Å². The summed E-state index contributed by atoms with van der Waals surface area (Å²) < 4.78 is 0. The number of aromatic nitrogens is 2. The minimum atomic E-state index is -0.258. The highest BCUT2D eigenvalue weighted by Crippen LogP contribution is 2.22. The Morgan fingerprint density at radius 3 is 3.17 bits per heavy atom. The summed E-state index contributed by atoms with van der Waals surface area (Å²) in [6, 6.07) is 0. The molecule has 12 heavy (non-hydrogen) atoms. The van der Waals surface area contributed by atoms with E-state index < -0.39 is 0 Å². The van der Waals surface area contributed by atoms with E-state index in [9.17, 15) is 5.11 Å². The van der Waals surface area contributed by atoms with Crippen LogP contribution in [0.2, 0.25) is 0 Å². The van der Waals surface area contributed by atoms with E-state index in [0.717, 1.165) is 24.1 Å². The van der Waals surface area contributed by atoms with E-state index >= 15 is 0 Å². The van der Waals surface area contributed by atoms with E-state index in [0.29, 0.717) is 12.2 Å². The molecule has 64 valence electrons. The van der Waals surface area contributed by atoms with Gasteiger partial charge in [0.25, 0.3) is 0 Å². The minimum Gasteiger partial charge on any atom is -0.393 e. The van der Waals surface area contributed by atoms with Crippen LogP contribution in [-0.4, -0.2) is 21.2 Å². The van der Waals surface area contributed by atoms with E-state index in [-0.39, 0.29) is 6.10 Å². The second kappa shape index (κ2) is 2.71. The second-order valence-electron chi connectivity index (χ2n) is 3.08. The van der Waals surface area contributed by atoms with E-state index in [4.69, 9.17) is 5.73 Å². The van der Waals surface area contributed by atoms with E-state index in [1.165, 1.54) is 6.33 Å². The molecule has 0 bridgehead atoms. The second-order valence-corrected chi connectivity index (χ2v) is 3.08. The topological polar surface area (TPSA) is 72.0 Å². The van der Waals surface area contributed by atoms with Crippen LogP contribution >= 0.6 is 0 Å². The molecule has 0 radical (unpaired) electrons. The molecule has 0 saturated carbocycles. The molecule has 0 aromatic carbocycles. The maximum Gasteiger partial charge on any atom is 0.130 e. The summed E-state index contributed by atoms with van der Waals surface area (Å²) >= 11 is 0. The summed E-state index contributed by atoms with van der Waals surface area (Å²) in [4.78, 5) is 7.98. The first-order valence-corrected chi connectivity index (χ1v) is 4.03. The fourth-order valence-corrected chi connectivity index (χ4v) is 1.55. The summed E-state index contributed by atoms with van der Waals surface area (Å²) in [5.74, 6) is 0.562. The average molecular weight is 165 g/mol. The Kier molecular flexibility index (Phi) is 1.69. The smallest absolute Gasteiger partial charge is 0.130 e. The van der Waals surface area contributed by atoms with Gasteiger partial charge in [0.1, 0.15) is 12.1 Å². The Morgan fingerprint density at radius 2 is 2.33 bits per heavy atom. The lowest BCUT2D eigenvalue weighted by molar-refractivity contribution is 0.157. The van der Waals surface area contributed by atoms with Gasteiger partial charge < -0.3 is 10.8 Å². The molecule has 0 spiro atoms. The number of hydrogen-bond donors (Lipinski definition) is 2. The fraction of sp³-hybridized carbons (Fsp3) is 0.500. The average Bonchev–Trinajstić information content (AvgIpc) is 2.04. The van der Waals surface area contributed by atoms with Gasteiger partial charge in [-0.3, -0.25) is 0 Å². The molecule has 1 aromatic heterocycles. The molecule has 0 saturated heterocycles. The number of hydrogen-bond acceptors (Lipinski definition) is 4. The van der Waals surface area contributed by atoms with Crippen LogP contribution in [0.25, 0.3) is 0 Å². The highest BCUT2D eigenvalue weighted by atomic mass is 16.3. The quantitative estimate of drug-likeness (QED) is 0.563. The number of rotatable bonds is 0. The number of nitrogens with two attached hydrogens (primary N) is 1. The lowest BCUT2D eigenvalue weighted by atomic mass is 9.94. The molecular formula is C8H11N3O. The molecule has 1 aliphatic carbocycles. The van der Waals surface area contributed by atoms with E-state index in [1.54, 1.807) is 0 Å². The molecule has 1 aliphatic rings. The van der Waals surface area contributed by atoms with Crippen LogP contribution < -0.4 is 5.73 Å². The van der Waals surface area contributed by atoms with Gasteiger partial charge in [0.2, 0.25) is 0 Å². The molecule has 0 amide bonds. The molecule has 1 aromatic rings. The van der Waals surface area contributed by atoms with Crippen LogP contribution in [0, 0.1) is 0 Å². The molecule has 4 heteroatoms. The first-order valence-electron chi connectivity index (χ1n) is 4.03. The zero-order valence-corrected chi connectivity index (χ0v) is 6.70. The van der Waals surface area contributed by atoms with Crippen molar-refractivity contribution in [2.75, 3.05) is 5.73 Å². The zero-order valence-electron chi connectivity index (χ0n) is 6.70. The first-order chi connectivity index (χ1) is 5.77. The summed E-state index contributed by atoms with van der Waals surface area (Å²) in [6.45, 7) is 0. The van der Waals surface area contributed by atoms with Crippen molar-refractivity contribution in [3.8, 4) is 0 Å². The van der Waals surface area contributed by atoms with Crippen LogP contribution in [0.15, 0.2) is 6.33 Å². The highest BCUT2D eigenvalue weighted by Gasteiger charge is 2.19. The molecule has 1 atom stereocenters. The fourth-order valence-electron chi connectivity index (χ4n) is 1.55. The number of aliphatic hydroxyl groups is 1. The standard InChI is InChI=1S/C8H11N3O/c9-8-6-2-1-5(12)3-7(6)10-4-11-8/h4-5,12H,1-3H2,(H2,9,10,11). The lowest BCUT2D eigenvalue weighted by Gasteiger charge is -2.19. The highest BCUT2D eigenvalue weighted by molar-refractivity contribution is 5.42. The van der Waals surface area contributed by atoms with E-state index in [2.05, 4.69) is 9.97 Å². The Hall–Kier alpha value is -1.16. The number of fused-ring (bicyclic) bond motifs is 1. The molecule has 4 nitrogen and oxygen atoms in total. The Balaban J connectivity index is 2.42. The lowest BCUT2D eigenvalue weighted by Crippen LogP contribution is -2.21. The predicted octanol–water partition coefficient (Wildman–Crippen LogP) is -0.0916. The Bertz CT molecular complexity index is 300. The molecule has 1 heterocycles. The van der Waals surface area contributed by atoms with Crippen molar-refractivity contribution in [1.82, 2.24) is 9.97 Å². The summed E-state index contributed by atoms with van der Waals surface area (Å²) in [5, 5.41) is 9.35. The molecule has 1 unspecified atom stereocenters. The molecule has 2 rings (SSSR count). The number of nitrogen functional groups attached to an aromatic ring is 1.